The van der Waals surface area contributed by atoms with Gasteiger partial charge in [-0.05, 0) is 44.6 Å². The van der Waals surface area contributed by atoms with Crippen molar-refractivity contribution in [3.8, 4) is 0 Å². The first-order valence-corrected chi connectivity index (χ1v) is 9.45. The van der Waals surface area contributed by atoms with Gasteiger partial charge >= 0.3 is 0 Å². The topological polar surface area (TPSA) is 69.7 Å². The van der Waals surface area contributed by atoms with Crippen LogP contribution in [0.4, 0.5) is 0 Å². The Kier molecular flexibility index (Phi) is 7.34. The quantitative estimate of drug-likeness (QED) is 0.703. The van der Waals surface area contributed by atoms with Gasteiger partial charge in [0, 0.05) is 25.0 Å². The molecule has 1 N–H and O–H groups in total. The van der Waals surface area contributed by atoms with Crippen molar-refractivity contribution in [2.45, 2.75) is 9.79 Å². The number of carbonyl (C=O) groups is 1. The Balaban J connectivity index is 2.65. The zero-order chi connectivity index (χ0) is 16.8. The van der Waals surface area contributed by atoms with Crippen molar-refractivity contribution >= 4 is 27.7 Å². The van der Waals surface area contributed by atoms with Crippen LogP contribution < -0.4 is 5.32 Å². The second kappa shape index (κ2) is 8.52. The molecule has 1 amide bonds. The predicted molar refractivity (Wildman–Crippen MR) is 89.6 cm³/mol. The molecule has 6 nitrogen and oxygen atoms in total. The average molecular weight is 345 g/mol. The van der Waals surface area contributed by atoms with E-state index in [2.05, 4.69) is 5.32 Å². The maximum atomic E-state index is 12.4. The molecule has 0 saturated heterocycles. The fraction of sp³-hybridized carbons (Fsp3) is 0.500. The maximum Gasteiger partial charge on any atom is 0.243 e. The van der Waals surface area contributed by atoms with Crippen LogP contribution in [0, 0.1) is 0 Å². The second-order valence-corrected chi connectivity index (χ2v) is 8.01. The van der Waals surface area contributed by atoms with Crippen LogP contribution in [-0.4, -0.2) is 70.6 Å². The number of carbonyl (C=O) groups excluding carboxylic acids is 1. The van der Waals surface area contributed by atoms with Crippen LogP contribution >= 0.6 is 11.8 Å². The third-order valence-electron chi connectivity index (χ3n) is 3.02. The van der Waals surface area contributed by atoms with Crippen molar-refractivity contribution in [2.75, 3.05) is 47.0 Å². The smallest absolute Gasteiger partial charge is 0.243 e. The SMILES string of the molecule is CSc1ccc(S(=O)(=O)N(C)CC(=O)NCCN(C)C)cc1. The Labute approximate surface area is 136 Å². The summed E-state index contributed by atoms with van der Waals surface area (Å²) in [5, 5.41) is 2.70. The predicted octanol–water partition coefficient (Wildman–Crippen LogP) is 0.707. The van der Waals surface area contributed by atoms with Crippen molar-refractivity contribution < 1.29 is 13.2 Å². The van der Waals surface area contributed by atoms with Crippen LogP contribution in [0.25, 0.3) is 0 Å². The first-order valence-electron chi connectivity index (χ1n) is 6.79. The van der Waals surface area contributed by atoms with Gasteiger partial charge in [-0.1, -0.05) is 0 Å². The van der Waals surface area contributed by atoms with Crippen molar-refractivity contribution in [1.29, 1.82) is 0 Å². The first kappa shape index (κ1) is 19.0. The highest BCUT2D eigenvalue weighted by Gasteiger charge is 2.22. The summed E-state index contributed by atoms with van der Waals surface area (Å²) in [4.78, 5) is 14.9. The van der Waals surface area contributed by atoms with Gasteiger partial charge in [-0.15, -0.1) is 11.8 Å². The third-order valence-corrected chi connectivity index (χ3v) is 5.58. The monoisotopic (exact) mass is 345 g/mol. The molecule has 0 saturated carbocycles. The lowest BCUT2D eigenvalue weighted by Crippen LogP contribution is -2.40. The van der Waals surface area contributed by atoms with Gasteiger partial charge in [0.05, 0.1) is 11.4 Å². The van der Waals surface area contributed by atoms with Gasteiger partial charge in [0.25, 0.3) is 0 Å². The Morgan fingerprint density at radius 3 is 2.27 bits per heavy atom. The fourth-order valence-electron chi connectivity index (χ4n) is 1.69. The molecule has 8 heteroatoms. The Morgan fingerprint density at radius 1 is 1.18 bits per heavy atom. The number of benzene rings is 1. The van der Waals surface area contributed by atoms with Crippen LogP contribution in [0.3, 0.4) is 0 Å². The van der Waals surface area contributed by atoms with Gasteiger partial charge < -0.3 is 10.2 Å². The molecule has 22 heavy (non-hydrogen) atoms. The summed E-state index contributed by atoms with van der Waals surface area (Å²) in [6, 6.07) is 6.62. The van der Waals surface area contributed by atoms with E-state index < -0.39 is 10.0 Å². The normalized spacial score (nSPS) is 11.9. The summed E-state index contributed by atoms with van der Waals surface area (Å²) < 4.78 is 25.8. The van der Waals surface area contributed by atoms with E-state index in [1.54, 1.807) is 36.0 Å². The van der Waals surface area contributed by atoms with Crippen molar-refractivity contribution in [1.82, 2.24) is 14.5 Å². The maximum absolute atomic E-state index is 12.4. The molecule has 0 aliphatic heterocycles. The van der Waals surface area contributed by atoms with Crippen LogP contribution in [0.15, 0.2) is 34.1 Å². The first-order chi connectivity index (χ1) is 10.3. The summed E-state index contributed by atoms with van der Waals surface area (Å²) in [6.07, 6.45) is 1.92. The lowest BCUT2D eigenvalue weighted by atomic mass is 10.4. The molecule has 0 aromatic heterocycles. The van der Waals surface area contributed by atoms with E-state index >= 15 is 0 Å². The molecule has 1 rings (SSSR count). The highest BCUT2D eigenvalue weighted by Crippen LogP contribution is 2.19. The van der Waals surface area contributed by atoms with E-state index in [1.807, 2.05) is 25.3 Å². The van der Waals surface area contributed by atoms with Crippen LogP contribution in [-0.2, 0) is 14.8 Å². The molecule has 0 atom stereocenters. The van der Waals surface area contributed by atoms with Gasteiger partial charge in [-0.3, -0.25) is 4.79 Å². The second-order valence-electron chi connectivity index (χ2n) is 5.09. The van der Waals surface area contributed by atoms with Crippen LogP contribution in [0.5, 0.6) is 0 Å². The van der Waals surface area contributed by atoms with Crippen molar-refractivity contribution in [2.24, 2.45) is 0 Å². The molecule has 0 fully saturated rings. The lowest BCUT2D eigenvalue weighted by Gasteiger charge is -2.17. The zero-order valence-corrected chi connectivity index (χ0v) is 15.0. The largest absolute Gasteiger partial charge is 0.354 e. The number of nitrogens with zero attached hydrogens (tertiary/aromatic N) is 2. The van der Waals surface area contributed by atoms with Gasteiger partial charge in [0.15, 0.2) is 0 Å². The number of rotatable bonds is 8. The minimum absolute atomic E-state index is 0.189. The number of sulfonamides is 1. The molecular formula is C14H23N3O3S2. The standard InChI is InChI=1S/C14H23N3O3S2/c1-16(2)10-9-15-14(18)11-17(3)22(19,20)13-7-5-12(21-4)6-8-13/h5-8H,9-11H2,1-4H3,(H,15,18). The lowest BCUT2D eigenvalue weighted by molar-refractivity contribution is -0.121. The van der Waals surface area contributed by atoms with E-state index in [9.17, 15) is 13.2 Å². The number of thioether (sulfide) groups is 1. The molecule has 0 radical (unpaired) electrons. The van der Waals surface area contributed by atoms with Gasteiger partial charge in [-0.2, -0.15) is 4.31 Å². The summed E-state index contributed by atoms with van der Waals surface area (Å²) in [5.74, 6) is -0.311. The highest BCUT2D eigenvalue weighted by atomic mass is 32.2. The molecule has 0 aliphatic carbocycles. The average Bonchev–Trinajstić information content (AvgIpc) is 2.46. The number of amides is 1. The van der Waals surface area contributed by atoms with Gasteiger partial charge in [-0.25, -0.2) is 8.42 Å². The minimum Gasteiger partial charge on any atom is -0.354 e. The number of hydrogen-bond donors (Lipinski definition) is 1. The van der Waals surface area contributed by atoms with E-state index in [-0.39, 0.29) is 17.3 Å². The molecule has 0 bridgehead atoms. The number of nitrogens with one attached hydrogen (secondary N) is 1. The molecule has 0 unspecified atom stereocenters. The van der Waals surface area contributed by atoms with Crippen molar-refractivity contribution in [3.05, 3.63) is 24.3 Å². The molecule has 0 spiro atoms. The summed E-state index contributed by atoms with van der Waals surface area (Å²) in [6.45, 7) is 1.00. The van der Waals surface area contributed by atoms with Crippen molar-refractivity contribution in [3.63, 3.8) is 0 Å². The zero-order valence-electron chi connectivity index (χ0n) is 13.4. The summed E-state index contributed by atoms with van der Waals surface area (Å²) >= 11 is 1.54. The van der Waals surface area contributed by atoms with Gasteiger partial charge in [0.2, 0.25) is 15.9 Å². The Bertz CT molecular complexity index is 586. The molecule has 0 aliphatic rings. The van der Waals surface area contributed by atoms with Crippen LogP contribution in [0.2, 0.25) is 0 Å². The van der Waals surface area contributed by atoms with Gasteiger partial charge in [0.1, 0.15) is 0 Å². The molecule has 0 heterocycles. The summed E-state index contributed by atoms with van der Waals surface area (Å²) in [7, 11) is 1.57. The van der Waals surface area contributed by atoms with E-state index in [0.29, 0.717) is 13.1 Å². The minimum atomic E-state index is -3.65. The molecule has 124 valence electrons. The molecule has 1 aromatic rings. The van der Waals surface area contributed by atoms with E-state index in [0.717, 1.165) is 9.20 Å². The summed E-state index contributed by atoms with van der Waals surface area (Å²) in [5.41, 5.74) is 0. The Hall–Kier alpha value is -1.09. The number of likely N-dealkylation sites (N-methyl/N-ethyl adjacent to an activating group) is 2. The fourth-order valence-corrected chi connectivity index (χ4v) is 3.23. The van der Waals surface area contributed by atoms with E-state index in [4.69, 9.17) is 0 Å². The molecular weight excluding hydrogens is 322 g/mol. The van der Waals surface area contributed by atoms with E-state index in [1.165, 1.54) is 7.05 Å². The third kappa shape index (κ3) is 5.60. The Morgan fingerprint density at radius 2 is 1.77 bits per heavy atom. The van der Waals surface area contributed by atoms with Crippen LogP contribution in [0.1, 0.15) is 0 Å². The highest BCUT2D eigenvalue weighted by molar-refractivity contribution is 7.98. The molecule has 1 aromatic carbocycles. The number of hydrogen-bond acceptors (Lipinski definition) is 5.